The highest BCUT2D eigenvalue weighted by Crippen LogP contribution is 2.28. The molecule has 0 aliphatic carbocycles. The van der Waals surface area contributed by atoms with Gasteiger partial charge in [-0.2, -0.15) is 0 Å². The molecule has 0 aliphatic heterocycles. The average molecular weight is 330 g/mol. The van der Waals surface area contributed by atoms with Crippen LogP contribution >= 0.6 is 0 Å². The minimum Gasteiger partial charge on any atom is -0.465 e. The van der Waals surface area contributed by atoms with Gasteiger partial charge in [0, 0.05) is 37.7 Å². The molecule has 0 aliphatic rings. The second-order valence-corrected chi connectivity index (χ2v) is 5.36. The van der Waals surface area contributed by atoms with Gasteiger partial charge in [-0.15, -0.1) is 0 Å². The minimum atomic E-state index is -0.677. The Kier molecular flexibility index (Phi) is 4.98. The maximum atomic E-state index is 11.5. The largest absolute Gasteiger partial charge is 0.465 e. The Morgan fingerprint density at radius 3 is 2.58 bits per heavy atom. The number of esters is 1. The smallest absolute Gasteiger partial charge is 0.339 e. The van der Waals surface area contributed by atoms with E-state index in [1.54, 1.807) is 0 Å². The molecule has 0 radical (unpaired) electrons. The number of aromatic nitrogens is 1. The van der Waals surface area contributed by atoms with Gasteiger partial charge in [-0.25, -0.2) is 9.78 Å². The lowest BCUT2D eigenvalue weighted by atomic mass is 10.1. The number of ether oxygens (including phenoxy) is 1. The number of hydrogen-bond donors (Lipinski definition) is 1. The number of pyridine rings is 1. The molecule has 0 bridgehead atoms. The number of rotatable bonds is 5. The van der Waals surface area contributed by atoms with Gasteiger partial charge in [-0.05, 0) is 30.7 Å². The summed E-state index contributed by atoms with van der Waals surface area (Å²) in [5.41, 5.74) is 2.45. The molecule has 1 aromatic carbocycles. The molecule has 8 nitrogen and oxygen atoms in total. The molecule has 1 aromatic heterocycles. The van der Waals surface area contributed by atoms with Crippen molar-refractivity contribution < 1.29 is 14.5 Å². The number of aryl methyl sites for hydroxylation is 1. The zero-order valence-electron chi connectivity index (χ0n) is 13.9. The van der Waals surface area contributed by atoms with Crippen LogP contribution in [0.3, 0.4) is 0 Å². The van der Waals surface area contributed by atoms with Crippen LogP contribution in [0.15, 0.2) is 30.5 Å². The van der Waals surface area contributed by atoms with Crippen LogP contribution in [0.1, 0.15) is 15.9 Å². The molecule has 1 N–H and O–H groups in total. The van der Waals surface area contributed by atoms with Crippen molar-refractivity contribution in [1.29, 1.82) is 0 Å². The van der Waals surface area contributed by atoms with Crippen molar-refractivity contribution in [2.45, 2.75) is 6.92 Å². The van der Waals surface area contributed by atoms with Gasteiger partial charge in [-0.1, -0.05) is 0 Å². The Hall–Kier alpha value is -3.16. The average Bonchev–Trinajstić information content (AvgIpc) is 2.54. The minimum absolute atomic E-state index is 0.0221. The first-order valence-corrected chi connectivity index (χ1v) is 7.11. The number of nitrogens with one attached hydrogen (secondary N) is 1. The van der Waals surface area contributed by atoms with Crippen LogP contribution in [-0.4, -0.2) is 37.1 Å². The monoisotopic (exact) mass is 330 g/mol. The number of methoxy groups -OCH3 is 1. The first-order chi connectivity index (χ1) is 11.3. The van der Waals surface area contributed by atoms with Gasteiger partial charge in [0.25, 0.3) is 0 Å². The van der Waals surface area contributed by atoms with E-state index >= 15 is 0 Å². The summed E-state index contributed by atoms with van der Waals surface area (Å²) in [6.45, 7) is 1.95. The van der Waals surface area contributed by atoms with Crippen LogP contribution in [0, 0.1) is 17.0 Å². The van der Waals surface area contributed by atoms with E-state index in [1.807, 2.05) is 44.1 Å². The number of hydrogen-bond acceptors (Lipinski definition) is 7. The highest BCUT2D eigenvalue weighted by molar-refractivity contribution is 5.90. The van der Waals surface area contributed by atoms with Gasteiger partial charge in [-0.3, -0.25) is 10.1 Å². The summed E-state index contributed by atoms with van der Waals surface area (Å²) in [5, 5.41) is 14.2. The van der Waals surface area contributed by atoms with Crippen molar-refractivity contribution in [1.82, 2.24) is 4.98 Å². The third-order valence-corrected chi connectivity index (χ3v) is 3.43. The summed E-state index contributed by atoms with van der Waals surface area (Å²) < 4.78 is 4.55. The molecule has 126 valence electrons. The van der Waals surface area contributed by atoms with E-state index in [2.05, 4.69) is 15.0 Å². The van der Waals surface area contributed by atoms with Gasteiger partial charge in [0.05, 0.1) is 17.6 Å². The molecule has 2 aromatic rings. The number of carbonyl (C=O) groups is 1. The molecule has 0 unspecified atom stereocenters. The van der Waals surface area contributed by atoms with Gasteiger partial charge in [0.2, 0.25) is 5.82 Å². The van der Waals surface area contributed by atoms with Crippen molar-refractivity contribution in [2.24, 2.45) is 0 Å². The number of benzene rings is 1. The molecule has 0 spiro atoms. The van der Waals surface area contributed by atoms with Crippen LogP contribution in [0.4, 0.5) is 22.9 Å². The lowest BCUT2D eigenvalue weighted by molar-refractivity contribution is -0.384. The molecular formula is C16H18N4O4. The SMILES string of the molecule is COC(=O)c1cnc(Nc2ccc(N(C)C)c(C)c2)c([N+](=O)[O-])c1. The fourth-order valence-electron chi connectivity index (χ4n) is 2.29. The molecular weight excluding hydrogens is 312 g/mol. The summed E-state index contributed by atoms with van der Waals surface area (Å²) in [5.74, 6) is -0.618. The fraction of sp³-hybridized carbons (Fsp3) is 0.250. The predicted molar refractivity (Wildman–Crippen MR) is 91.0 cm³/mol. The molecule has 0 atom stereocenters. The summed E-state index contributed by atoms with van der Waals surface area (Å²) in [6, 6.07) is 6.73. The Balaban J connectivity index is 2.37. The third kappa shape index (κ3) is 3.60. The van der Waals surface area contributed by atoms with Gasteiger partial charge < -0.3 is 15.0 Å². The zero-order valence-corrected chi connectivity index (χ0v) is 13.9. The first-order valence-electron chi connectivity index (χ1n) is 7.11. The molecule has 24 heavy (non-hydrogen) atoms. The third-order valence-electron chi connectivity index (χ3n) is 3.43. The lowest BCUT2D eigenvalue weighted by Crippen LogP contribution is -2.10. The standard InChI is InChI=1S/C16H18N4O4/c1-10-7-12(5-6-13(10)19(2)3)18-15-14(20(22)23)8-11(9-17-15)16(21)24-4/h5-9H,1-4H3,(H,17,18). The molecule has 0 fully saturated rings. The first kappa shape index (κ1) is 17.2. The summed E-state index contributed by atoms with van der Waals surface area (Å²) in [4.78, 5) is 28.1. The van der Waals surface area contributed by atoms with E-state index in [0.717, 1.165) is 17.3 Å². The molecule has 2 rings (SSSR count). The maximum absolute atomic E-state index is 11.5. The van der Waals surface area contributed by atoms with Crippen molar-refractivity contribution in [3.63, 3.8) is 0 Å². The Morgan fingerprint density at radius 1 is 1.33 bits per heavy atom. The Morgan fingerprint density at radius 2 is 2.04 bits per heavy atom. The van der Waals surface area contributed by atoms with Crippen LogP contribution in [0.25, 0.3) is 0 Å². The normalized spacial score (nSPS) is 10.2. The highest BCUT2D eigenvalue weighted by Gasteiger charge is 2.20. The Labute approximate surface area is 139 Å². The van der Waals surface area contributed by atoms with Gasteiger partial charge >= 0.3 is 11.7 Å². The highest BCUT2D eigenvalue weighted by atomic mass is 16.6. The fourth-order valence-corrected chi connectivity index (χ4v) is 2.29. The predicted octanol–water partition coefficient (Wildman–Crippen LogP) is 2.89. The van der Waals surface area contributed by atoms with Crippen molar-refractivity contribution in [3.8, 4) is 0 Å². The van der Waals surface area contributed by atoms with E-state index in [-0.39, 0.29) is 17.1 Å². The number of nitro groups is 1. The number of anilines is 3. The van der Waals surface area contributed by atoms with Crippen molar-refractivity contribution in [3.05, 3.63) is 51.7 Å². The molecule has 1 heterocycles. The molecule has 0 saturated carbocycles. The topological polar surface area (TPSA) is 97.6 Å². The van der Waals surface area contributed by atoms with Gasteiger partial charge in [0.1, 0.15) is 0 Å². The molecule has 0 amide bonds. The van der Waals surface area contributed by atoms with Crippen LogP contribution in [0.2, 0.25) is 0 Å². The van der Waals surface area contributed by atoms with Crippen molar-refractivity contribution in [2.75, 3.05) is 31.4 Å². The molecule has 0 saturated heterocycles. The van der Waals surface area contributed by atoms with E-state index in [9.17, 15) is 14.9 Å². The van der Waals surface area contributed by atoms with Crippen molar-refractivity contribution >= 4 is 28.8 Å². The number of nitrogens with zero attached hydrogens (tertiary/aromatic N) is 3. The van der Waals surface area contributed by atoms with E-state index < -0.39 is 10.9 Å². The van der Waals surface area contributed by atoms with Crippen LogP contribution < -0.4 is 10.2 Å². The van der Waals surface area contributed by atoms with E-state index in [0.29, 0.717) is 5.69 Å². The Bertz CT molecular complexity index is 790. The summed E-state index contributed by atoms with van der Waals surface area (Å²) in [7, 11) is 5.08. The van der Waals surface area contributed by atoms with Crippen LogP contribution in [-0.2, 0) is 4.74 Å². The maximum Gasteiger partial charge on any atom is 0.339 e. The number of carbonyl (C=O) groups excluding carboxylic acids is 1. The van der Waals surface area contributed by atoms with E-state index in [1.165, 1.54) is 13.3 Å². The summed E-state index contributed by atoms with van der Waals surface area (Å²) >= 11 is 0. The zero-order chi connectivity index (χ0) is 17.9. The quantitative estimate of drug-likeness (QED) is 0.511. The summed E-state index contributed by atoms with van der Waals surface area (Å²) in [6.07, 6.45) is 1.24. The van der Waals surface area contributed by atoms with E-state index in [4.69, 9.17) is 0 Å². The lowest BCUT2D eigenvalue weighted by Gasteiger charge is -2.16. The van der Waals surface area contributed by atoms with Crippen LogP contribution in [0.5, 0.6) is 0 Å². The molecule has 8 heteroatoms. The second-order valence-electron chi connectivity index (χ2n) is 5.36. The van der Waals surface area contributed by atoms with Gasteiger partial charge in [0.15, 0.2) is 0 Å². The second kappa shape index (κ2) is 6.95.